The number of carbonyl (C=O) groups is 3. The van der Waals surface area contributed by atoms with Gasteiger partial charge in [0.25, 0.3) is 0 Å². The summed E-state index contributed by atoms with van der Waals surface area (Å²) in [5.41, 5.74) is 3.04. The SMILES string of the molecule is O=C1[C@H](c2ccccc2)C(=O)[C@H]2[C@@H]1[C@@H](C(=O)c1ccc(Br)cc1)N1N=Cc3ccccc3[C@@H]21. The number of carbonyl (C=O) groups excluding carboxylic acids is 3. The Hall–Kier alpha value is -3.38. The molecule has 6 heteroatoms. The average Bonchev–Trinajstić information content (AvgIpc) is 3.32. The van der Waals surface area contributed by atoms with Crippen molar-refractivity contribution < 1.29 is 14.4 Å². The van der Waals surface area contributed by atoms with Crippen LogP contribution in [0.15, 0.2) is 88.4 Å². The van der Waals surface area contributed by atoms with E-state index in [4.69, 9.17) is 0 Å². The molecule has 0 radical (unpaired) electrons. The fraction of sp³-hybridized carbons (Fsp3) is 0.185. The van der Waals surface area contributed by atoms with Gasteiger partial charge < -0.3 is 0 Å². The van der Waals surface area contributed by atoms with Crippen molar-refractivity contribution >= 4 is 39.5 Å². The smallest absolute Gasteiger partial charge is 0.187 e. The third kappa shape index (κ3) is 2.97. The number of benzene rings is 3. The van der Waals surface area contributed by atoms with Gasteiger partial charge >= 0.3 is 0 Å². The van der Waals surface area contributed by atoms with Crippen molar-refractivity contribution in [3.8, 4) is 0 Å². The molecule has 1 aliphatic carbocycles. The molecule has 33 heavy (non-hydrogen) atoms. The fourth-order valence-electron chi connectivity index (χ4n) is 5.63. The van der Waals surface area contributed by atoms with Crippen molar-refractivity contribution in [2.45, 2.75) is 18.0 Å². The predicted octanol–water partition coefficient (Wildman–Crippen LogP) is 4.57. The van der Waals surface area contributed by atoms with Crippen LogP contribution in [0.1, 0.15) is 39.0 Å². The second kappa shape index (κ2) is 7.59. The number of nitrogens with zero attached hydrogens (tertiary/aromatic N) is 2. The second-order valence-electron chi connectivity index (χ2n) is 8.71. The van der Waals surface area contributed by atoms with Crippen LogP contribution in [0.3, 0.4) is 0 Å². The molecule has 6 rings (SSSR count). The van der Waals surface area contributed by atoms with Crippen LogP contribution in [0.2, 0.25) is 0 Å². The third-order valence-corrected chi connectivity index (χ3v) is 7.57. The Labute approximate surface area is 199 Å². The summed E-state index contributed by atoms with van der Waals surface area (Å²) in [5, 5.41) is 6.31. The quantitative estimate of drug-likeness (QED) is 0.391. The highest BCUT2D eigenvalue weighted by Crippen LogP contribution is 2.55. The Bertz CT molecular complexity index is 1320. The van der Waals surface area contributed by atoms with Crippen molar-refractivity contribution in [1.29, 1.82) is 0 Å². The first kappa shape index (κ1) is 20.2. The summed E-state index contributed by atoms with van der Waals surface area (Å²) in [6, 6.07) is 22.8. The number of hydrogen-bond acceptors (Lipinski definition) is 5. The summed E-state index contributed by atoms with van der Waals surface area (Å²) in [6.07, 6.45) is 1.72. The van der Waals surface area contributed by atoms with E-state index in [-0.39, 0.29) is 17.3 Å². The van der Waals surface area contributed by atoms with Gasteiger partial charge in [-0.1, -0.05) is 82.7 Å². The van der Waals surface area contributed by atoms with Gasteiger partial charge in [-0.2, -0.15) is 5.10 Å². The topological polar surface area (TPSA) is 66.8 Å². The largest absolute Gasteiger partial charge is 0.298 e. The highest BCUT2D eigenvalue weighted by atomic mass is 79.9. The number of fused-ring (bicyclic) bond motifs is 5. The maximum atomic E-state index is 13.8. The van der Waals surface area contributed by atoms with E-state index in [9.17, 15) is 14.4 Å². The Morgan fingerprint density at radius 1 is 0.818 bits per heavy atom. The average molecular weight is 499 g/mol. The monoisotopic (exact) mass is 498 g/mol. The Morgan fingerprint density at radius 3 is 2.24 bits per heavy atom. The molecule has 0 N–H and O–H groups in total. The summed E-state index contributed by atoms with van der Waals surface area (Å²) in [5.74, 6) is -2.70. The lowest BCUT2D eigenvalue weighted by atomic mass is 9.83. The van der Waals surface area contributed by atoms with Crippen LogP contribution in [0, 0.1) is 11.8 Å². The zero-order chi connectivity index (χ0) is 22.7. The molecule has 3 aromatic carbocycles. The third-order valence-electron chi connectivity index (χ3n) is 7.04. The van der Waals surface area contributed by atoms with Crippen molar-refractivity contribution in [3.63, 3.8) is 0 Å². The minimum atomic E-state index is -0.846. The van der Waals surface area contributed by atoms with Crippen LogP contribution >= 0.6 is 15.9 Å². The number of ketones is 3. The van der Waals surface area contributed by atoms with Crippen LogP contribution in [0.4, 0.5) is 0 Å². The Balaban J connectivity index is 1.50. The maximum Gasteiger partial charge on any atom is 0.187 e. The van der Waals surface area contributed by atoms with E-state index >= 15 is 0 Å². The maximum absolute atomic E-state index is 13.8. The molecule has 3 aromatic rings. The van der Waals surface area contributed by atoms with Gasteiger partial charge in [0.15, 0.2) is 17.3 Å². The second-order valence-corrected chi connectivity index (χ2v) is 9.63. The van der Waals surface area contributed by atoms with Gasteiger partial charge in [-0.15, -0.1) is 0 Å². The van der Waals surface area contributed by atoms with Gasteiger partial charge in [0, 0.05) is 10.0 Å². The minimum absolute atomic E-state index is 0.121. The molecule has 5 nitrogen and oxygen atoms in total. The predicted molar refractivity (Wildman–Crippen MR) is 127 cm³/mol. The van der Waals surface area contributed by atoms with Gasteiger partial charge in [0.05, 0.1) is 24.1 Å². The molecular weight excluding hydrogens is 480 g/mol. The van der Waals surface area contributed by atoms with E-state index in [0.29, 0.717) is 11.1 Å². The molecule has 2 fully saturated rings. The molecule has 0 amide bonds. The molecule has 1 saturated heterocycles. The van der Waals surface area contributed by atoms with E-state index in [1.54, 1.807) is 35.5 Å². The molecule has 0 bridgehead atoms. The van der Waals surface area contributed by atoms with Crippen LogP contribution in [0.5, 0.6) is 0 Å². The van der Waals surface area contributed by atoms with Crippen molar-refractivity contribution in [1.82, 2.24) is 5.01 Å². The molecule has 1 saturated carbocycles. The summed E-state index contributed by atoms with van der Waals surface area (Å²) in [7, 11) is 0. The zero-order valence-corrected chi connectivity index (χ0v) is 19.1. The summed E-state index contributed by atoms with van der Waals surface area (Å²) in [6.45, 7) is 0. The molecule has 162 valence electrons. The lowest BCUT2D eigenvalue weighted by molar-refractivity contribution is -0.126. The van der Waals surface area contributed by atoms with Crippen LogP contribution in [-0.4, -0.2) is 34.6 Å². The van der Waals surface area contributed by atoms with E-state index in [1.807, 2.05) is 54.6 Å². The first-order valence-corrected chi connectivity index (χ1v) is 11.7. The first-order chi connectivity index (χ1) is 16.1. The minimum Gasteiger partial charge on any atom is -0.298 e. The zero-order valence-electron chi connectivity index (χ0n) is 17.5. The summed E-state index contributed by atoms with van der Waals surface area (Å²) >= 11 is 3.40. The van der Waals surface area contributed by atoms with Gasteiger partial charge in [0.2, 0.25) is 0 Å². The molecule has 0 unspecified atom stereocenters. The molecule has 2 heterocycles. The van der Waals surface area contributed by atoms with Crippen molar-refractivity contribution in [2.24, 2.45) is 16.9 Å². The Kier molecular flexibility index (Phi) is 4.66. The molecule has 0 spiro atoms. The number of halogens is 1. The van der Waals surface area contributed by atoms with E-state index in [2.05, 4.69) is 21.0 Å². The number of hydrogen-bond donors (Lipinski definition) is 0. The molecular formula is C27H19BrN2O3. The van der Waals surface area contributed by atoms with Gasteiger partial charge in [-0.05, 0) is 28.8 Å². The van der Waals surface area contributed by atoms with E-state index in [1.165, 1.54) is 0 Å². The van der Waals surface area contributed by atoms with E-state index < -0.39 is 29.8 Å². The molecule has 0 aromatic heterocycles. The van der Waals surface area contributed by atoms with Crippen LogP contribution < -0.4 is 0 Å². The Morgan fingerprint density at radius 2 is 1.48 bits per heavy atom. The standard InChI is InChI=1S/C27H19BrN2O3/c28-18-12-10-16(11-13-18)25(31)24-22-21(23-19-9-5-4-8-17(19)14-29-30(23)24)26(32)20(27(22)33)15-6-2-1-3-7-15/h1-14,20-24H/t20-,21+,22-,23+,24+/m1/s1. The highest BCUT2D eigenvalue weighted by molar-refractivity contribution is 9.10. The lowest BCUT2D eigenvalue weighted by Crippen LogP contribution is -2.41. The number of hydrazone groups is 1. The van der Waals surface area contributed by atoms with E-state index in [0.717, 1.165) is 15.6 Å². The van der Waals surface area contributed by atoms with Crippen molar-refractivity contribution in [3.05, 3.63) is 106 Å². The number of rotatable bonds is 3. The summed E-state index contributed by atoms with van der Waals surface area (Å²) in [4.78, 5) is 41.4. The molecule has 3 aliphatic rings. The van der Waals surface area contributed by atoms with Crippen LogP contribution in [0.25, 0.3) is 0 Å². The number of Topliss-reactive ketones (excluding diaryl/α,β-unsaturated/α-hetero) is 3. The van der Waals surface area contributed by atoms with Gasteiger partial charge in [-0.25, -0.2) is 0 Å². The molecule has 5 atom stereocenters. The summed E-state index contributed by atoms with van der Waals surface area (Å²) < 4.78 is 0.863. The lowest BCUT2D eigenvalue weighted by Gasteiger charge is -2.33. The van der Waals surface area contributed by atoms with Crippen molar-refractivity contribution in [2.75, 3.05) is 0 Å². The normalized spacial score (nSPS) is 27.3. The molecule has 2 aliphatic heterocycles. The highest BCUT2D eigenvalue weighted by Gasteiger charge is 2.65. The van der Waals surface area contributed by atoms with Crippen LogP contribution in [-0.2, 0) is 9.59 Å². The fourth-order valence-corrected chi connectivity index (χ4v) is 5.90. The first-order valence-electron chi connectivity index (χ1n) is 10.9. The van der Waals surface area contributed by atoms with Gasteiger partial charge in [-0.3, -0.25) is 19.4 Å². The van der Waals surface area contributed by atoms with Gasteiger partial charge in [0.1, 0.15) is 12.0 Å².